The largest absolute Gasteiger partial charge is 0.392 e. The van der Waals surface area contributed by atoms with Crippen LogP contribution in [0.4, 0.5) is 0 Å². The molecule has 0 unspecified atom stereocenters. The van der Waals surface area contributed by atoms with Gasteiger partial charge < -0.3 is 9.67 Å². The highest BCUT2D eigenvalue weighted by Gasteiger charge is 2.09. The average Bonchev–Trinajstić information content (AvgIpc) is 2.77. The van der Waals surface area contributed by atoms with E-state index in [2.05, 4.69) is 9.97 Å². The second-order valence-corrected chi connectivity index (χ2v) is 4.70. The molecule has 0 radical (unpaired) electrons. The SMILES string of the molecule is OCc1cn(Cc2ncccn2)c2cc(Cl)ccc12. The Morgan fingerprint density at radius 3 is 2.74 bits per heavy atom. The van der Waals surface area contributed by atoms with Crippen molar-refractivity contribution in [2.45, 2.75) is 13.2 Å². The van der Waals surface area contributed by atoms with Gasteiger partial charge >= 0.3 is 0 Å². The number of hydrogen-bond acceptors (Lipinski definition) is 3. The van der Waals surface area contributed by atoms with Gasteiger partial charge in [0.05, 0.1) is 18.7 Å². The van der Waals surface area contributed by atoms with Gasteiger partial charge in [-0.15, -0.1) is 0 Å². The minimum atomic E-state index is 0.000773. The molecule has 1 N–H and O–H groups in total. The maximum atomic E-state index is 9.41. The highest BCUT2D eigenvalue weighted by atomic mass is 35.5. The Hall–Kier alpha value is -1.91. The van der Waals surface area contributed by atoms with Gasteiger partial charge in [-0.2, -0.15) is 0 Å². The van der Waals surface area contributed by atoms with E-state index in [1.54, 1.807) is 18.5 Å². The summed E-state index contributed by atoms with van der Waals surface area (Å²) in [6.07, 6.45) is 5.35. The summed E-state index contributed by atoms with van der Waals surface area (Å²) in [5.74, 6) is 0.726. The third-order valence-electron chi connectivity index (χ3n) is 3.03. The summed E-state index contributed by atoms with van der Waals surface area (Å²) in [4.78, 5) is 8.42. The molecule has 96 valence electrons. The first-order chi connectivity index (χ1) is 9.28. The normalized spacial score (nSPS) is 11.1. The zero-order chi connectivity index (χ0) is 13.2. The van der Waals surface area contributed by atoms with E-state index in [1.165, 1.54) is 0 Å². The van der Waals surface area contributed by atoms with Crippen molar-refractivity contribution >= 4 is 22.5 Å². The first kappa shape index (κ1) is 12.1. The molecule has 0 aliphatic carbocycles. The standard InChI is InChI=1S/C14H12ClN3O/c15-11-2-3-12-10(9-19)7-18(13(12)6-11)8-14-16-4-1-5-17-14/h1-7,19H,8-9H2. The lowest BCUT2D eigenvalue weighted by Gasteiger charge is -2.04. The van der Waals surface area contributed by atoms with Gasteiger partial charge in [0, 0.05) is 34.6 Å². The fourth-order valence-electron chi connectivity index (χ4n) is 2.16. The maximum Gasteiger partial charge on any atom is 0.147 e. The van der Waals surface area contributed by atoms with Gasteiger partial charge in [-0.1, -0.05) is 17.7 Å². The van der Waals surface area contributed by atoms with E-state index < -0.39 is 0 Å². The number of hydrogen-bond donors (Lipinski definition) is 1. The summed E-state index contributed by atoms with van der Waals surface area (Å²) >= 11 is 6.04. The molecule has 3 rings (SSSR count). The van der Waals surface area contributed by atoms with E-state index >= 15 is 0 Å². The molecular weight excluding hydrogens is 262 g/mol. The van der Waals surface area contributed by atoms with Gasteiger partial charge in [0.25, 0.3) is 0 Å². The molecule has 19 heavy (non-hydrogen) atoms. The molecule has 1 aromatic carbocycles. The summed E-state index contributed by atoms with van der Waals surface area (Å²) in [5, 5.41) is 11.1. The van der Waals surface area contributed by atoms with Crippen LogP contribution in [0.15, 0.2) is 42.9 Å². The van der Waals surface area contributed by atoms with E-state index in [4.69, 9.17) is 11.6 Å². The quantitative estimate of drug-likeness (QED) is 0.798. The molecule has 0 aliphatic heterocycles. The van der Waals surface area contributed by atoms with Crippen molar-refractivity contribution in [1.29, 1.82) is 0 Å². The fraction of sp³-hybridized carbons (Fsp3) is 0.143. The first-order valence-corrected chi connectivity index (χ1v) is 6.30. The Morgan fingerprint density at radius 1 is 1.21 bits per heavy atom. The third kappa shape index (κ3) is 2.32. The molecular formula is C14H12ClN3O. The van der Waals surface area contributed by atoms with Crippen molar-refractivity contribution in [2.75, 3.05) is 0 Å². The van der Waals surface area contributed by atoms with Crippen LogP contribution in [0, 0.1) is 0 Å². The number of aromatic nitrogens is 3. The second-order valence-electron chi connectivity index (χ2n) is 4.27. The van der Waals surface area contributed by atoms with E-state index in [-0.39, 0.29) is 6.61 Å². The molecule has 5 heteroatoms. The van der Waals surface area contributed by atoms with Crippen molar-refractivity contribution < 1.29 is 5.11 Å². The summed E-state index contributed by atoms with van der Waals surface area (Å²) in [5.41, 5.74) is 1.85. The van der Waals surface area contributed by atoms with Crippen LogP contribution in [-0.4, -0.2) is 19.6 Å². The highest BCUT2D eigenvalue weighted by molar-refractivity contribution is 6.31. The first-order valence-electron chi connectivity index (χ1n) is 5.92. The summed E-state index contributed by atoms with van der Waals surface area (Å²) in [6, 6.07) is 7.42. The van der Waals surface area contributed by atoms with Gasteiger partial charge in [-0.3, -0.25) is 0 Å². The van der Waals surface area contributed by atoms with Crippen LogP contribution < -0.4 is 0 Å². The van der Waals surface area contributed by atoms with Crippen LogP contribution in [0.2, 0.25) is 5.02 Å². The van der Waals surface area contributed by atoms with Crippen LogP contribution in [-0.2, 0) is 13.2 Å². The molecule has 0 spiro atoms. The topological polar surface area (TPSA) is 50.9 Å². The number of halogens is 1. The number of benzene rings is 1. The Bertz CT molecular complexity index is 709. The van der Waals surface area contributed by atoms with Crippen molar-refractivity contribution in [1.82, 2.24) is 14.5 Å². The Kier molecular flexibility index (Phi) is 3.19. The van der Waals surface area contributed by atoms with E-state index in [1.807, 2.05) is 29.0 Å². The number of rotatable bonds is 3. The van der Waals surface area contributed by atoms with Crippen LogP contribution in [0.5, 0.6) is 0 Å². The molecule has 0 fully saturated rings. The lowest BCUT2D eigenvalue weighted by Crippen LogP contribution is -2.02. The van der Waals surface area contributed by atoms with Gasteiger partial charge in [0.15, 0.2) is 0 Å². The number of aliphatic hydroxyl groups is 1. The molecule has 0 bridgehead atoms. The molecule has 0 saturated heterocycles. The van der Waals surface area contributed by atoms with Crippen LogP contribution >= 0.6 is 11.6 Å². The van der Waals surface area contributed by atoms with Crippen LogP contribution in [0.25, 0.3) is 10.9 Å². The van der Waals surface area contributed by atoms with Gasteiger partial charge in [-0.05, 0) is 18.2 Å². The van der Waals surface area contributed by atoms with E-state index in [9.17, 15) is 5.11 Å². The number of nitrogens with zero attached hydrogens (tertiary/aromatic N) is 3. The molecule has 0 saturated carbocycles. The van der Waals surface area contributed by atoms with Crippen molar-refractivity contribution in [3.05, 3.63) is 59.3 Å². The molecule has 0 amide bonds. The molecule has 4 nitrogen and oxygen atoms in total. The zero-order valence-corrected chi connectivity index (χ0v) is 10.9. The summed E-state index contributed by atoms with van der Waals surface area (Å²) in [6.45, 7) is 0.554. The predicted octanol–water partition coefficient (Wildman–Crippen LogP) is 2.63. The molecule has 0 aliphatic rings. The van der Waals surface area contributed by atoms with Crippen molar-refractivity contribution in [2.24, 2.45) is 0 Å². The molecule has 0 atom stereocenters. The Morgan fingerprint density at radius 2 is 2.00 bits per heavy atom. The highest BCUT2D eigenvalue weighted by Crippen LogP contribution is 2.25. The Labute approximate surface area is 115 Å². The molecule has 2 heterocycles. The average molecular weight is 274 g/mol. The monoisotopic (exact) mass is 273 g/mol. The molecule has 2 aromatic heterocycles. The van der Waals surface area contributed by atoms with Gasteiger partial charge in [0.1, 0.15) is 5.82 Å². The fourth-order valence-corrected chi connectivity index (χ4v) is 2.33. The van der Waals surface area contributed by atoms with Crippen molar-refractivity contribution in [3.8, 4) is 0 Å². The molecule has 3 aromatic rings. The van der Waals surface area contributed by atoms with Crippen LogP contribution in [0.1, 0.15) is 11.4 Å². The van der Waals surface area contributed by atoms with E-state index in [0.717, 1.165) is 22.3 Å². The van der Waals surface area contributed by atoms with Crippen LogP contribution in [0.3, 0.4) is 0 Å². The van der Waals surface area contributed by atoms with Crippen molar-refractivity contribution in [3.63, 3.8) is 0 Å². The minimum absolute atomic E-state index is 0.000773. The Balaban J connectivity index is 2.10. The lowest BCUT2D eigenvalue weighted by atomic mass is 10.2. The maximum absolute atomic E-state index is 9.41. The minimum Gasteiger partial charge on any atom is -0.392 e. The van der Waals surface area contributed by atoms with E-state index in [0.29, 0.717) is 11.6 Å². The van der Waals surface area contributed by atoms with Gasteiger partial charge in [0.2, 0.25) is 0 Å². The number of fused-ring (bicyclic) bond motifs is 1. The number of aliphatic hydroxyl groups excluding tert-OH is 1. The lowest BCUT2D eigenvalue weighted by molar-refractivity contribution is 0.283. The van der Waals surface area contributed by atoms with Gasteiger partial charge in [-0.25, -0.2) is 9.97 Å². The summed E-state index contributed by atoms with van der Waals surface area (Å²) < 4.78 is 2.00. The third-order valence-corrected chi connectivity index (χ3v) is 3.26. The zero-order valence-electron chi connectivity index (χ0n) is 10.1. The predicted molar refractivity (Wildman–Crippen MR) is 74.0 cm³/mol. The summed E-state index contributed by atoms with van der Waals surface area (Å²) in [7, 11) is 0. The smallest absolute Gasteiger partial charge is 0.147 e. The second kappa shape index (κ2) is 4.99.